The number of rotatable bonds is 8. The molecule has 0 aliphatic heterocycles. The van der Waals surface area contributed by atoms with Crippen LogP contribution in [-0.4, -0.2) is 38.6 Å². The number of anilines is 3. The fourth-order valence-corrected chi connectivity index (χ4v) is 3.42. The number of amides is 1. The number of nitrogens with two attached hydrogens (primary N) is 1. The Morgan fingerprint density at radius 2 is 1.79 bits per heavy atom. The Labute approximate surface area is 174 Å². The third-order valence-corrected chi connectivity index (χ3v) is 5.07. The van der Waals surface area contributed by atoms with E-state index in [0.29, 0.717) is 29.8 Å². The van der Waals surface area contributed by atoms with Crippen molar-refractivity contribution in [2.24, 2.45) is 0 Å². The van der Waals surface area contributed by atoms with E-state index < -0.39 is 0 Å². The number of nitrogen functional groups attached to an aromatic ring is 1. The van der Waals surface area contributed by atoms with Gasteiger partial charge in [-0.1, -0.05) is 48.0 Å². The van der Waals surface area contributed by atoms with Crippen molar-refractivity contribution < 1.29 is 4.79 Å². The first-order chi connectivity index (χ1) is 14.0. The molecule has 0 unspecified atom stereocenters. The number of nitrogens with zero attached hydrogens (tertiary/aromatic N) is 4. The molecule has 0 fully saturated rings. The van der Waals surface area contributed by atoms with Gasteiger partial charge in [0, 0.05) is 19.3 Å². The molecule has 2 aromatic carbocycles. The van der Waals surface area contributed by atoms with Gasteiger partial charge in [0.05, 0.1) is 11.5 Å². The first-order valence-corrected chi connectivity index (χ1v) is 10.3. The standard InChI is InChI=1S/C21H24N6OS/c1-15-8-10-17(11-9-15)23-21-25-18(24-20(22)26-21)13-29-14-19(28)27(2)12-16-6-4-3-5-7-16/h3-11H,12-14H2,1-2H3,(H3,22,23,24,25,26). The molecule has 0 spiro atoms. The van der Waals surface area contributed by atoms with Gasteiger partial charge in [0.1, 0.15) is 5.82 Å². The van der Waals surface area contributed by atoms with E-state index in [9.17, 15) is 4.79 Å². The molecule has 0 aliphatic carbocycles. The number of thioether (sulfide) groups is 1. The van der Waals surface area contributed by atoms with E-state index in [1.807, 2.05) is 61.5 Å². The number of hydrogen-bond donors (Lipinski definition) is 2. The van der Waals surface area contributed by atoms with Crippen LogP contribution in [0.5, 0.6) is 0 Å². The van der Waals surface area contributed by atoms with Crippen LogP contribution in [0.1, 0.15) is 17.0 Å². The first-order valence-electron chi connectivity index (χ1n) is 9.19. The summed E-state index contributed by atoms with van der Waals surface area (Å²) < 4.78 is 0. The van der Waals surface area contributed by atoms with Crippen molar-refractivity contribution in [1.82, 2.24) is 19.9 Å². The SMILES string of the molecule is Cc1ccc(Nc2nc(N)nc(CSCC(=O)N(C)Cc3ccccc3)n2)cc1. The van der Waals surface area contributed by atoms with Crippen molar-refractivity contribution in [2.75, 3.05) is 23.9 Å². The number of aromatic nitrogens is 3. The Morgan fingerprint density at radius 3 is 2.52 bits per heavy atom. The molecule has 29 heavy (non-hydrogen) atoms. The highest BCUT2D eigenvalue weighted by Gasteiger charge is 2.11. The van der Waals surface area contributed by atoms with E-state index in [1.165, 1.54) is 17.3 Å². The van der Waals surface area contributed by atoms with Crippen molar-refractivity contribution in [3.63, 3.8) is 0 Å². The lowest BCUT2D eigenvalue weighted by atomic mass is 10.2. The summed E-state index contributed by atoms with van der Waals surface area (Å²) in [5, 5.41) is 3.13. The molecule has 150 valence electrons. The fraction of sp³-hybridized carbons (Fsp3) is 0.238. The summed E-state index contributed by atoms with van der Waals surface area (Å²) in [5.41, 5.74) is 8.96. The third-order valence-electron chi connectivity index (χ3n) is 4.15. The van der Waals surface area contributed by atoms with Gasteiger partial charge in [-0.3, -0.25) is 4.79 Å². The molecule has 0 aliphatic rings. The molecule has 0 saturated carbocycles. The molecule has 3 aromatic rings. The smallest absolute Gasteiger partial charge is 0.232 e. The highest BCUT2D eigenvalue weighted by molar-refractivity contribution is 7.99. The van der Waals surface area contributed by atoms with E-state index in [0.717, 1.165) is 11.3 Å². The quantitative estimate of drug-likeness (QED) is 0.589. The van der Waals surface area contributed by atoms with Crippen LogP contribution < -0.4 is 11.1 Å². The molecule has 0 radical (unpaired) electrons. The van der Waals surface area contributed by atoms with Crippen LogP contribution in [0.25, 0.3) is 0 Å². The largest absolute Gasteiger partial charge is 0.368 e. The third kappa shape index (κ3) is 6.46. The van der Waals surface area contributed by atoms with Crippen LogP contribution >= 0.6 is 11.8 Å². The van der Waals surface area contributed by atoms with E-state index >= 15 is 0 Å². The number of hydrogen-bond acceptors (Lipinski definition) is 7. The van der Waals surface area contributed by atoms with Crippen molar-refractivity contribution in [2.45, 2.75) is 19.2 Å². The van der Waals surface area contributed by atoms with Crippen molar-refractivity contribution in [1.29, 1.82) is 0 Å². The monoisotopic (exact) mass is 408 g/mol. The van der Waals surface area contributed by atoms with Gasteiger partial charge in [0.2, 0.25) is 17.8 Å². The maximum absolute atomic E-state index is 12.4. The van der Waals surface area contributed by atoms with Gasteiger partial charge in [-0.2, -0.15) is 15.0 Å². The summed E-state index contributed by atoms with van der Waals surface area (Å²) in [7, 11) is 1.81. The average molecular weight is 409 g/mol. The molecule has 0 saturated heterocycles. The second-order valence-electron chi connectivity index (χ2n) is 6.65. The minimum absolute atomic E-state index is 0.0545. The summed E-state index contributed by atoms with van der Waals surface area (Å²) >= 11 is 1.45. The van der Waals surface area contributed by atoms with E-state index in [1.54, 1.807) is 11.9 Å². The second kappa shape index (κ2) is 9.88. The fourth-order valence-electron chi connectivity index (χ4n) is 2.61. The van der Waals surface area contributed by atoms with Crippen molar-refractivity contribution in [3.05, 3.63) is 71.5 Å². The van der Waals surface area contributed by atoms with Gasteiger partial charge in [-0.25, -0.2) is 0 Å². The average Bonchev–Trinajstić information content (AvgIpc) is 2.70. The Kier molecular flexibility index (Phi) is 7.02. The summed E-state index contributed by atoms with van der Waals surface area (Å²) in [6.07, 6.45) is 0. The van der Waals surface area contributed by atoms with Gasteiger partial charge in [-0.15, -0.1) is 11.8 Å². The molecule has 7 nitrogen and oxygen atoms in total. The Balaban J connectivity index is 1.52. The van der Waals surface area contributed by atoms with E-state index in [4.69, 9.17) is 5.73 Å². The van der Waals surface area contributed by atoms with E-state index in [2.05, 4.69) is 20.3 Å². The maximum Gasteiger partial charge on any atom is 0.232 e. The molecule has 3 rings (SSSR count). The Morgan fingerprint density at radius 1 is 1.07 bits per heavy atom. The predicted octanol–water partition coefficient (Wildman–Crippen LogP) is 3.40. The van der Waals surface area contributed by atoms with Crippen LogP contribution in [0.2, 0.25) is 0 Å². The summed E-state index contributed by atoms with van der Waals surface area (Å²) in [4.78, 5) is 26.8. The minimum atomic E-state index is 0.0545. The zero-order valence-electron chi connectivity index (χ0n) is 16.5. The molecule has 3 N–H and O–H groups in total. The normalized spacial score (nSPS) is 10.6. The van der Waals surface area contributed by atoms with Crippen LogP contribution in [0.4, 0.5) is 17.6 Å². The van der Waals surface area contributed by atoms with Crippen LogP contribution in [0.15, 0.2) is 54.6 Å². The second-order valence-corrected chi connectivity index (χ2v) is 7.64. The lowest BCUT2D eigenvalue weighted by molar-refractivity contribution is -0.127. The topological polar surface area (TPSA) is 97.0 Å². The lowest BCUT2D eigenvalue weighted by Gasteiger charge is -2.17. The summed E-state index contributed by atoms with van der Waals surface area (Å²) in [6, 6.07) is 17.8. The predicted molar refractivity (Wildman–Crippen MR) is 118 cm³/mol. The summed E-state index contributed by atoms with van der Waals surface area (Å²) in [5.74, 6) is 1.95. The van der Waals surface area contributed by atoms with Crippen molar-refractivity contribution in [3.8, 4) is 0 Å². The molecular formula is C21H24N6OS. The van der Waals surface area contributed by atoms with E-state index in [-0.39, 0.29) is 11.9 Å². The number of aryl methyl sites for hydroxylation is 1. The number of benzene rings is 2. The van der Waals surface area contributed by atoms with Gasteiger partial charge in [-0.05, 0) is 24.6 Å². The highest BCUT2D eigenvalue weighted by atomic mass is 32.2. The zero-order valence-corrected chi connectivity index (χ0v) is 17.3. The van der Waals surface area contributed by atoms with Gasteiger partial charge >= 0.3 is 0 Å². The molecule has 1 amide bonds. The number of carbonyl (C=O) groups excluding carboxylic acids is 1. The zero-order chi connectivity index (χ0) is 20.6. The Hall–Kier alpha value is -3.13. The number of carbonyl (C=O) groups is 1. The molecule has 0 atom stereocenters. The van der Waals surface area contributed by atoms with Gasteiger partial charge in [0.25, 0.3) is 0 Å². The molecule has 8 heteroatoms. The first kappa shape index (κ1) is 20.6. The highest BCUT2D eigenvalue weighted by Crippen LogP contribution is 2.16. The summed E-state index contributed by atoms with van der Waals surface area (Å²) in [6.45, 7) is 2.61. The van der Waals surface area contributed by atoms with Crippen LogP contribution in [0.3, 0.4) is 0 Å². The van der Waals surface area contributed by atoms with Gasteiger partial charge < -0.3 is 16.0 Å². The molecule has 0 bridgehead atoms. The molecule has 1 aromatic heterocycles. The minimum Gasteiger partial charge on any atom is -0.368 e. The van der Waals surface area contributed by atoms with Crippen molar-refractivity contribution >= 4 is 35.3 Å². The Bertz CT molecular complexity index is 949. The lowest BCUT2D eigenvalue weighted by Crippen LogP contribution is -2.27. The molecular weight excluding hydrogens is 384 g/mol. The maximum atomic E-state index is 12.4. The van der Waals surface area contributed by atoms with Crippen LogP contribution in [0, 0.1) is 6.92 Å². The number of nitrogens with one attached hydrogen (secondary N) is 1. The molecule has 1 heterocycles. The van der Waals surface area contributed by atoms with Gasteiger partial charge in [0.15, 0.2) is 0 Å². The van der Waals surface area contributed by atoms with Crippen LogP contribution in [-0.2, 0) is 17.1 Å².